The molecule has 1 aromatic carbocycles. The molecular formula is C47H65N9O6S. The van der Waals surface area contributed by atoms with Gasteiger partial charge >= 0.3 is 12.0 Å². The van der Waals surface area contributed by atoms with Crippen molar-refractivity contribution in [3.05, 3.63) is 58.2 Å². The summed E-state index contributed by atoms with van der Waals surface area (Å²) in [5.74, 6) is -1.53. The number of nitrogens with one attached hydrogen (secondary N) is 3. The lowest BCUT2D eigenvalue weighted by Crippen LogP contribution is -2.63. The number of hydrogen-bond donors (Lipinski definition) is 3. The number of thiazole rings is 1. The highest BCUT2D eigenvalue weighted by atomic mass is 32.1. The minimum absolute atomic E-state index is 0.0267. The van der Waals surface area contributed by atoms with Gasteiger partial charge in [0.25, 0.3) is 5.91 Å². The van der Waals surface area contributed by atoms with Crippen molar-refractivity contribution in [1.29, 1.82) is 0 Å². The number of nitrogens with zero attached hydrogens (tertiary/aromatic N) is 6. The van der Waals surface area contributed by atoms with E-state index >= 15 is 0 Å². The Morgan fingerprint density at radius 2 is 1.90 bits per heavy atom. The van der Waals surface area contributed by atoms with Gasteiger partial charge in [-0.05, 0) is 88.7 Å². The fraction of sp³-hybridized carbons (Fsp3) is 0.574. The van der Waals surface area contributed by atoms with Gasteiger partial charge < -0.3 is 34.5 Å². The van der Waals surface area contributed by atoms with Gasteiger partial charge in [-0.1, -0.05) is 33.8 Å². The van der Waals surface area contributed by atoms with Gasteiger partial charge in [-0.3, -0.25) is 24.4 Å². The quantitative estimate of drug-likeness (QED) is 0.162. The molecular weight excluding hydrogens is 819 g/mol. The normalized spacial score (nSPS) is 22.5. The van der Waals surface area contributed by atoms with Gasteiger partial charge in [0, 0.05) is 91.8 Å². The fourth-order valence-corrected chi connectivity index (χ4v) is 10.4. The number of likely N-dealkylation sites (N-methyl/N-ethyl adjacent to an activating group) is 3. The second-order valence-corrected chi connectivity index (χ2v) is 19.4. The lowest BCUT2D eigenvalue weighted by Gasteiger charge is -2.44. The molecule has 0 unspecified atom stereocenters. The monoisotopic (exact) mass is 883 g/mol. The van der Waals surface area contributed by atoms with E-state index in [-0.39, 0.29) is 43.2 Å². The summed E-state index contributed by atoms with van der Waals surface area (Å²) in [5, 5.41) is 11.5. The largest absolute Gasteiger partial charge is 0.464 e. The summed E-state index contributed by atoms with van der Waals surface area (Å²) in [7, 11) is 7.01. The van der Waals surface area contributed by atoms with E-state index < -0.39 is 41.3 Å². The lowest BCUT2D eigenvalue weighted by molar-refractivity contribution is -0.155. The molecule has 63 heavy (non-hydrogen) atoms. The summed E-state index contributed by atoms with van der Waals surface area (Å²) in [6.45, 7) is 13.3. The fourth-order valence-electron chi connectivity index (χ4n) is 9.54. The molecule has 3 N–H and O–H groups in total. The summed E-state index contributed by atoms with van der Waals surface area (Å²) < 4.78 is 14.2. The van der Waals surface area contributed by atoms with Gasteiger partial charge in [-0.25, -0.2) is 15.2 Å². The third kappa shape index (κ3) is 9.36. The number of carbonyl (C=O) groups is 4. The molecule has 6 bridgehead atoms. The number of urea groups is 1. The summed E-state index contributed by atoms with van der Waals surface area (Å²) in [5.41, 5.74) is 9.39. The highest BCUT2D eigenvalue weighted by Gasteiger charge is 2.41. The van der Waals surface area contributed by atoms with Crippen LogP contribution in [0.4, 0.5) is 4.79 Å². The summed E-state index contributed by atoms with van der Waals surface area (Å²) in [6, 6.07) is 7.76. The van der Waals surface area contributed by atoms with Crippen molar-refractivity contribution in [2.45, 2.75) is 123 Å². The van der Waals surface area contributed by atoms with Gasteiger partial charge in [-0.15, -0.1) is 11.3 Å². The van der Waals surface area contributed by atoms with E-state index in [1.54, 1.807) is 32.3 Å². The molecule has 1 aliphatic carbocycles. The van der Waals surface area contributed by atoms with Crippen LogP contribution < -0.4 is 16.1 Å². The predicted molar refractivity (Wildman–Crippen MR) is 245 cm³/mol. The van der Waals surface area contributed by atoms with Crippen molar-refractivity contribution in [3.63, 3.8) is 0 Å². The molecule has 4 aromatic rings. The van der Waals surface area contributed by atoms with Crippen LogP contribution in [0.25, 0.3) is 33.4 Å². The van der Waals surface area contributed by atoms with E-state index in [1.807, 2.05) is 39.3 Å². The Kier molecular flexibility index (Phi) is 13.9. The van der Waals surface area contributed by atoms with Crippen LogP contribution in [0.3, 0.4) is 0 Å². The molecule has 0 spiro atoms. The third-order valence-corrected chi connectivity index (χ3v) is 14.1. The van der Waals surface area contributed by atoms with Crippen LogP contribution in [0.5, 0.6) is 0 Å². The van der Waals surface area contributed by atoms with Gasteiger partial charge in [0.15, 0.2) is 0 Å². The lowest BCUT2D eigenvalue weighted by atomic mass is 9.84. The number of benzene rings is 1. The van der Waals surface area contributed by atoms with Crippen molar-refractivity contribution < 1.29 is 28.7 Å². The summed E-state index contributed by atoms with van der Waals surface area (Å²) in [4.78, 5) is 69.8. The number of rotatable bonds is 10. The van der Waals surface area contributed by atoms with Gasteiger partial charge in [0.2, 0.25) is 5.91 Å². The van der Waals surface area contributed by atoms with Crippen molar-refractivity contribution >= 4 is 46.1 Å². The van der Waals surface area contributed by atoms with E-state index in [2.05, 4.69) is 65.7 Å². The SMILES string of the molecule is CCn1c(-c2cccnc2[C@H](C)OC)c2c3cc(ccc31)-c1csc(n1)C[C@H](NC(=O)[C@H](C(C)C)N(C)C(=O)N(C)[C@@H]1CC[C@H]1NC)C(=O)N1CCC[C@H](N1)C(=O)OCC(C)(C)C2. The second kappa shape index (κ2) is 19.1. The number of esters is 1. The molecule has 2 aliphatic heterocycles. The number of cyclic esters (lactones) is 1. The van der Waals surface area contributed by atoms with E-state index in [0.29, 0.717) is 37.4 Å². The molecule has 16 heteroatoms. The van der Waals surface area contributed by atoms with Crippen molar-refractivity contribution in [2.75, 3.05) is 41.4 Å². The van der Waals surface area contributed by atoms with Crippen LogP contribution in [-0.4, -0.2) is 125 Å². The smallest absolute Gasteiger partial charge is 0.324 e. The van der Waals surface area contributed by atoms with Crippen LogP contribution in [-0.2, 0) is 43.2 Å². The molecule has 0 radical (unpaired) electrons. The molecule has 6 atom stereocenters. The van der Waals surface area contributed by atoms with Crippen LogP contribution in [0.2, 0.25) is 0 Å². The average molecular weight is 884 g/mol. The van der Waals surface area contributed by atoms with Crippen LogP contribution in [0.1, 0.15) is 89.6 Å². The number of aryl methyl sites for hydroxylation is 1. The van der Waals surface area contributed by atoms with E-state index in [9.17, 15) is 19.2 Å². The predicted octanol–water partition coefficient (Wildman–Crippen LogP) is 5.96. The van der Waals surface area contributed by atoms with Crippen molar-refractivity contribution in [2.24, 2.45) is 11.3 Å². The maximum atomic E-state index is 14.6. The summed E-state index contributed by atoms with van der Waals surface area (Å²) >= 11 is 1.43. The number of carbonyl (C=O) groups excluding carboxylic acids is 4. The second-order valence-electron chi connectivity index (χ2n) is 18.5. The zero-order valence-corrected chi connectivity index (χ0v) is 39.3. The van der Waals surface area contributed by atoms with E-state index in [0.717, 1.165) is 57.5 Å². The van der Waals surface area contributed by atoms with Crippen molar-refractivity contribution in [1.82, 2.24) is 45.4 Å². The maximum Gasteiger partial charge on any atom is 0.324 e. The number of amides is 4. The number of aromatic nitrogens is 3. The Morgan fingerprint density at radius 1 is 1.13 bits per heavy atom. The molecule has 2 fully saturated rings. The van der Waals surface area contributed by atoms with Crippen LogP contribution in [0.15, 0.2) is 41.9 Å². The molecule has 3 aromatic heterocycles. The first-order valence-electron chi connectivity index (χ1n) is 22.4. The first-order valence-corrected chi connectivity index (χ1v) is 23.2. The molecule has 340 valence electrons. The number of pyridine rings is 1. The Labute approximate surface area is 375 Å². The van der Waals surface area contributed by atoms with Gasteiger partial charge in [0.05, 0.1) is 34.8 Å². The number of methoxy groups -OCH3 is 1. The van der Waals surface area contributed by atoms with Crippen molar-refractivity contribution in [3.8, 4) is 22.5 Å². The Morgan fingerprint density at radius 3 is 2.59 bits per heavy atom. The molecule has 5 heterocycles. The standard InChI is InChI=1S/C47H65N9O6S/c1-11-55-37-18-16-29-22-31(37)32(42(55)30-14-12-20-49-40(30)28(4)61-10)24-47(5,6)26-62-45(59)34-15-13-21-56(52-34)44(58)35(23-39-50-36(29)25-63-39)51-43(57)41(27(2)3)54(9)46(60)53(8)38-19-17-33(38)48-7/h12,14,16,18,20,22,25,27-28,33-35,38,41,48,52H,11,13,15,17,19,21,23-24,26H2,1-10H3,(H,51,57)/t28-,33+,34-,35-,38+,41-/m0/s1. The highest BCUT2D eigenvalue weighted by molar-refractivity contribution is 7.10. The minimum atomic E-state index is -1.04. The third-order valence-electron chi connectivity index (χ3n) is 13.2. The van der Waals surface area contributed by atoms with E-state index in [1.165, 1.54) is 21.2 Å². The van der Waals surface area contributed by atoms with Crippen LogP contribution in [0, 0.1) is 11.3 Å². The maximum absolute atomic E-state index is 14.6. The molecule has 4 amide bonds. The molecule has 1 saturated carbocycles. The molecule has 15 nitrogen and oxygen atoms in total. The number of hydrazine groups is 1. The average Bonchev–Trinajstić information content (AvgIpc) is 3.85. The molecule has 3 aliphatic rings. The molecule has 1 saturated heterocycles. The van der Waals surface area contributed by atoms with Gasteiger partial charge in [0.1, 0.15) is 18.1 Å². The first-order chi connectivity index (χ1) is 30.1. The van der Waals surface area contributed by atoms with Gasteiger partial charge in [-0.2, -0.15) is 0 Å². The minimum Gasteiger partial charge on any atom is -0.464 e. The highest BCUT2D eigenvalue weighted by Crippen LogP contribution is 2.42. The number of fused-ring (bicyclic) bond motifs is 6. The number of hydrogen-bond acceptors (Lipinski definition) is 11. The Balaban J connectivity index is 1.28. The van der Waals surface area contributed by atoms with E-state index in [4.69, 9.17) is 19.4 Å². The first kappa shape index (κ1) is 46.1. The summed E-state index contributed by atoms with van der Waals surface area (Å²) in [6.07, 6.45) is 5.15. The number of ether oxygens (including phenoxy) is 2. The van der Waals surface area contributed by atoms with Crippen LogP contribution >= 0.6 is 11.3 Å². The Hall–Kier alpha value is -4.90. The Bertz CT molecular complexity index is 2320. The zero-order valence-electron chi connectivity index (χ0n) is 38.5. The molecule has 7 rings (SSSR count). The topological polar surface area (TPSA) is 163 Å². The zero-order chi connectivity index (χ0) is 45.3.